The molecule has 3 fully saturated rings. The van der Waals surface area contributed by atoms with E-state index in [-0.39, 0.29) is 29.8 Å². The van der Waals surface area contributed by atoms with Gasteiger partial charge < -0.3 is 24.4 Å². The van der Waals surface area contributed by atoms with Crippen LogP contribution in [-0.2, 0) is 30.4 Å². The molecule has 5 rings (SSSR count). The lowest BCUT2D eigenvalue weighted by atomic mass is 9.70. The number of hydrogen-bond acceptors (Lipinski definition) is 6. The summed E-state index contributed by atoms with van der Waals surface area (Å²) in [6.07, 6.45) is 1.43. The minimum atomic E-state index is -1.25. The van der Waals surface area contributed by atoms with Gasteiger partial charge in [0.25, 0.3) is 0 Å². The number of carbonyl (C=O) groups is 3. The largest absolute Gasteiger partial charge is 0.466 e. The van der Waals surface area contributed by atoms with E-state index >= 15 is 0 Å². The van der Waals surface area contributed by atoms with Gasteiger partial charge in [-0.25, -0.2) is 0 Å². The number of aliphatic hydroxyl groups excluding tert-OH is 1. The molecule has 9 heteroatoms. The minimum Gasteiger partial charge on any atom is -0.466 e. The summed E-state index contributed by atoms with van der Waals surface area (Å²) >= 11 is 3.67. The molecule has 3 saturated heterocycles. The van der Waals surface area contributed by atoms with Crippen LogP contribution in [0.3, 0.4) is 0 Å². The lowest BCUT2D eigenvalue weighted by Crippen LogP contribution is -2.57. The summed E-state index contributed by atoms with van der Waals surface area (Å²) in [7, 11) is 0. The fourth-order valence-electron chi connectivity index (χ4n) is 6.58. The maximum Gasteiger partial charge on any atom is 0.312 e. The number of ether oxygens (including phenoxy) is 2. The Hall–Kier alpha value is -3.01. The minimum absolute atomic E-state index is 0.169. The Labute approximate surface area is 236 Å². The van der Waals surface area contributed by atoms with Crippen LogP contribution < -0.4 is 0 Å². The SMILES string of the molecule is C=CCN(Cc1ccccc1)C(=O)[C@@H]1N([C@H](CO)c2ccccc2)C(=O)[C@H]2[C@H](C(=O)OCC)[C@H]3O[C@@]12CC3Br. The summed E-state index contributed by atoms with van der Waals surface area (Å²) in [5, 5.41) is 10.6. The van der Waals surface area contributed by atoms with E-state index in [0.29, 0.717) is 18.5 Å². The van der Waals surface area contributed by atoms with E-state index in [0.717, 1.165) is 5.56 Å². The normalized spacial score (nSPS) is 29.7. The Morgan fingerprint density at radius 3 is 2.51 bits per heavy atom. The Bertz CT molecular complexity index is 1230. The summed E-state index contributed by atoms with van der Waals surface area (Å²) in [6.45, 7) is 5.90. The Morgan fingerprint density at radius 1 is 1.23 bits per heavy atom. The molecule has 0 aliphatic carbocycles. The number of halogens is 1. The number of alkyl halides is 1. The van der Waals surface area contributed by atoms with E-state index in [9.17, 15) is 19.5 Å². The van der Waals surface area contributed by atoms with Crippen LogP contribution in [0.15, 0.2) is 73.3 Å². The third-order valence-corrected chi connectivity index (χ3v) is 8.94. The van der Waals surface area contributed by atoms with Gasteiger partial charge in [-0.05, 0) is 24.5 Å². The monoisotopic (exact) mass is 596 g/mol. The number of nitrogens with zero attached hydrogens (tertiary/aromatic N) is 2. The quantitative estimate of drug-likeness (QED) is 0.257. The van der Waals surface area contributed by atoms with Gasteiger partial charge in [-0.2, -0.15) is 0 Å². The Balaban J connectivity index is 1.62. The molecule has 2 bridgehead atoms. The van der Waals surface area contributed by atoms with Crippen LogP contribution >= 0.6 is 15.9 Å². The first-order chi connectivity index (χ1) is 18.9. The van der Waals surface area contributed by atoms with E-state index in [1.165, 1.54) is 4.90 Å². The van der Waals surface area contributed by atoms with Crippen LogP contribution in [0.25, 0.3) is 0 Å². The lowest BCUT2D eigenvalue weighted by Gasteiger charge is -2.39. The molecule has 206 valence electrons. The molecule has 3 aliphatic heterocycles. The molecule has 2 amide bonds. The molecule has 39 heavy (non-hydrogen) atoms. The predicted octanol–water partition coefficient (Wildman–Crippen LogP) is 3.25. The highest BCUT2D eigenvalue weighted by Gasteiger charge is 2.77. The molecule has 1 spiro atoms. The average molecular weight is 598 g/mol. The van der Waals surface area contributed by atoms with E-state index in [4.69, 9.17) is 9.47 Å². The van der Waals surface area contributed by atoms with E-state index in [2.05, 4.69) is 22.5 Å². The number of amides is 2. The molecule has 8 nitrogen and oxygen atoms in total. The standard InChI is InChI=1S/C30H33BrN2O6/c1-3-15-32(17-19-11-7-5-8-12-19)28(36)26-30-16-21(31)25(39-30)23(29(37)38-4-2)24(30)27(35)33(26)22(18-34)20-13-9-6-10-14-20/h3,5-14,21-26,34H,1,4,15-18H2,2H3/t21?,22-,23+,24-,25+,26+,30-/m1/s1. The molecule has 3 heterocycles. The molecule has 0 aromatic heterocycles. The summed E-state index contributed by atoms with van der Waals surface area (Å²) in [4.78, 5) is 45.0. The van der Waals surface area contributed by atoms with E-state index in [1.54, 1.807) is 17.9 Å². The van der Waals surface area contributed by atoms with Crippen molar-refractivity contribution in [2.45, 2.75) is 48.5 Å². The number of benzene rings is 2. The third-order valence-electron chi connectivity index (χ3n) is 8.09. The molecule has 1 unspecified atom stereocenters. The van der Waals surface area contributed by atoms with Gasteiger partial charge in [0.2, 0.25) is 11.8 Å². The molecule has 2 aromatic rings. The molecule has 7 atom stereocenters. The van der Waals surface area contributed by atoms with Gasteiger partial charge in [-0.3, -0.25) is 14.4 Å². The number of esters is 1. The van der Waals surface area contributed by atoms with Gasteiger partial charge in [0.1, 0.15) is 11.6 Å². The summed E-state index contributed by atoms with van der Waals surface area (Å²) in [5.41, 5.74) is 0.375. The van der Waals surface area contributed by atoms with Gasteiger partial charge in [-0.1, -0.05) is 82.7 Å². The van der Waals surface area contributed by atoms with Gasteiger partial charge in [-0.15, -0.1) is 6.58 Å². The van der Waals surface area contributed by atoms with Crippen molar-refractivity contribution < 1.29 is 29.0 Å². The number of likely N-dealkylation sites (tertiary alicyclic amines) is 1. The van der Waals surface area contributed by atoms with Crippen molar-refractivity contribution in [1.82, 2.24) is 9.80 Å². The van der Waals surface area contributed by atoms with Crippen molar-refractivity contribution in [3.63, 3.8) is 0 Å². The molecule has 1 N–H and O–H groups in total. The van der Waals surface area contributed by atoms with Crippen molar-refractivity contribution in [2.75, 3.05) is 19.8 Å². The number of rotatable bonds is 10. The maximum absolute atomic E-state index is 14.6. The zero-order valence-corrected chi connectivity index (χ0v) is 23.4. The number of carbonyl (C=O) groups excluding carboxylic acids is 3. The van der Waals surface area contributed by atoms with Crippen LogP contribution in [0.1, 0.15) is 30.5 Å². The average Bonchev–Trinajstić information content (AvgIpc) is 3.53. The highest BCUT2D eigenvalue weighted by Crippen LogP contribution is 2.61. The fourth-order valence-corrected chi connectivity index (χ4v) is 7.53. The summed E-state index contributed by atoms with van der Waals surface area (Å²) in [5.74, 6) is -2.95. The van der Waals surface area contributed by atoms with Gasteiger partial charge in [0.05, 0.1) is 37.2 Å². The Morgan fingerprint density at radius 2 is 1.90 bits per heavy atom. The zero-order valence-electron chi connectivity index (χ0n) is 21.8. The molecule has 2 aromatic carbocycles. The maximum atomic E-state index is 14.6. The van der Waals surface area contributed by atoms with Crippen LogP contribution in [0.4, 0.5) is 0 Å². The van der Waals surface area contributed by atoms with Crippen molar-refractivity contribution >= 4 is 33.7 Å². The molecule has 0 saturated carbocycles. The fraction of sp³-hybridized carbons (Fsp3) is 0.433. The first-order valence-electron chi connectivity index (χ1n) is 13.3. The Kier molecular flexibility index (Phi) is 7.94. The molecule has 3 aliphatic rings. The second kappa shape index (κ2) is 11.2. The first-order valence-corrected chi connectivity index (χ1v) is 14.2. The van der Waals surface area contributed by atoms with Gasteiger partial charge >= 0.3 is 5.97 Å². The second-order valence-electron chi connectivity index (χ2n) is 10.3. The topological polar surface area (TPSA) is 96.4 Å². The summed E-state index contributed by atoms with van der Waals surface area (Å²) in [6, 6.07) is 16.9. The van der Waals surface area contributed by atoms with E-state index < -0.39 is 48.2 Å². The number of aliphatic hydroxyl groups is 1. The predicted molar refractivity (Wildman–Crippen MR) is 148 cm³/mol. The molecular formula is C30H33BrN2O6. The van der Waals surface area contributed by atoms with Gasteiger partial charge in [0, 0.05) is 17.9 Å². The van der Waals surface area contributed by atoms with Crippen LogP contribution in [0.2, 0.25) is 0 Å². The van der Waals surface area contributed by atoms with Gasteiger partial charge in [0.15, 0.2) is 0 Å². The van der Waals surface area contributed by atoms with Crippen LogP contribution in [-0.4, -0.2) is 75.0 Å². The molecular weight excluding hydrogens is 564 g/mol. The number of hydrogen-bond donors (Lipinski definition) is 1. The highest BCUT2D eigenvalue weighted by molar-refractivity contribution is 9.09. The first kappa shape index (κ1) is 27.6. The van der Waals surface area contributed by atoms with Crippen molar-refractivity contribution in [3.8, 4) is 0 Å². The third kappa shape index (κ3) is 4.60. The lowest BCUT2D eigenvalue weighted by molar-refractivity contribution is -0.156. The second-order valence-corrected chi connectivity index (χ2v) is 11.4. The van der Waals surface area contributed by atoms with Crippen molar-refractivity contribution in [1.29, 1.82) is 0 Å². The van der Waals surface area contributed by atoms with E-state index in [1.807, 2.05) is 60.7 Å². The smallest absolute Gasteiger partial charge is 0.312 e. The van der Waals surface area contributed by atoms with Crippen molar-refractivity contribution in [3.05, 3.63) is 84.4 Å². The van der Waals surface area contributed by atoms with Crippen LogP contribution in [0, 0.1) is 11.8 Å². The summed E-state index contributed by atoms with van der Waals surface area (Å²) < 4.78 is 11.9. The highest BCUT2D eigenvalue weighted by atomic mass is 79.9. The zero-order chi connectivity index (χ0) is 27.7. The molecule has 0 radical (unpaired) electrons. The van der Waals surface area contributed by atoms with Crippen molar-refractivity contribution in [2.24, 2.45) is 11.8 Å². The van der Waals surface area contributed by atoms with Crippen LogP contribution in [0.5, 0.6) is 0 Å². The number of fused-ring (bicyclic) bond motifs is 1.